The van der Waals surface area contributed by atoms with Crippen molar-refractivity contribution >= 4 is 5.82 Å². The summed E-state index contributed by atoms with van der Waals surface area (Å²) in [5.41, 5.74) is 0.899. The summed E-state index contributed by atoms with van der Waals surface area (Å²) in [4.78, 5) is 17.2. The highest BCUT2D eigenvalue weighted by Gasteiger charge is 2.27. The van der Waals surface area contributed by atoms with Crippen LogP contribution in [-0.2, 0) is 6.42 Å². The maximum atomic E-state index is 5.48. The molecular formula is C25H40N6O. The Labute approximate surface area is 193 Å². The number of piperidine rings is 1. The molecule has 2 aliphatic heterocycles. The molecule has 2 aromatic rings. The standard InChI is InChI=1S/C25H40N6O/c1-19(2)29-14-10-20(11-15-29)30-12-7-13-31(17-16-30)22-9-6-8-21(26-22)24-27-23(32-28-24)18-25(3,4)5/h6,8-9,19-20H,7,10-18H2,1-5H3. The molecule has 176 valence electrons. The van der Waals surface area contributed by atoms with Gasteiger partial charge in [-0.05, 0) is 63.7 Å². The summed E-state index contributed by atoms with van der Waals surface area (Å²) in [6.07, 6.45) is 4.52. The summed E-state index contributed by atoms with van der Waals surface area (Å²) >= 11 is 0. The van der Waals surface area contributed by atoms with Gasteiger partial charge in [-0.1, -0.05) is 32.0 Å². The average molecular weight is 441 g/mol. The van der Waals surface area contributed by atoms with Gasteiger partial charge in [0.1, 0.15) is 11.5 Å². The molecule has 2 aliphatic rings. The lowest BCUT2D eigenvalue weighted by molar-refractivity contribution is 0.0965. The summed E-state index contributed by atoms with van der Waals surface area (Å²) in [7, 11) is 0. The summed E-state index contributed by atoms with van der Waals surface area (Å²) in [5, 5.41) is 4.19. The van der Waals surface area contributed by atoms with Crippen molar-refractivity contribution in [3.05, 3.63) is 24.1 Å². The van der Waals surface area contributed by atoms with Crippen LogP contribution in [-0.4, -0.2) is 76.3 Å². The molecule has 7 nitrogen and oxygen atoms in total. The quantitative estimate of drug-likeness (QED) is 0.693. The van der Waals surface area contributed by atoms with Crippen LogP contribution in [0.1, 0.15) is 59.8 Å². The first-order valence-corrected chi connectivity index (χ1v) is 12.3. The number of anilines is 1. The zero-order valence-electron chi connectivity index (χ0n) is 20.5. The molecule has 0 aliphatic carbocycles. The number of aromatic nitrogens is 3. The lowest BCUT2D eigenvalue weighted by Gasteiger charge is -2.39. The van der Waals surface area contributed by atoms with Gasteiger partial charge in [0.2, 0.25) is 11.7 Å². The normalized spacial score (nSPS) is 20.1. The predicted octanol–water partition coefficient (Wildman–Crippen LogP) is 4.11. The van der Waals surface area contributed by atoms with Crippen LogP contribution in [0.3, 0.4) is 0 Å². The molecule has 2 fully saturated rings. The van der Waals surface area contributed by atoms with Crippen molar-refractivity contribution in [2.75, 3.05) is 44.2 Å². The highest BCUT2D eigenvalue weighted by molar-refractivity contribution is 5.53. The first kappa shape index (κ1) is 23.2. The number of likely N-dealkylation sites (tertiary alicyclic amines) is 1. The first-order chi connectivity index (χ1) is 15.3. The molecule has 32 heavy (non-hydrogen) atoms. The lowest BCUT2D eigenvalue weighted by Crippen LogP contribution is -2.47. The van der Waals surface area contributed by atoms with Gasteiger partial charge in [-0.3, -0.25) is 4.90 Å². The van der Waals surface area contributed by atoms with Crippen LogP contribution in [0.4, 0.5) is 5.82 Å². The largest absolute Gasteiger partial charge is 0.355 e. The van der Waals surface area contributed by atoms with Crippen molar-refractivity contribution < 1.29 is 4.52 Å². The molecule has 0 amide bonds. The molecule has 0 N–H and O–H groups in total. The van der Waals surface area contributed by atoms with Gasteiger partial charge in [0.25, 0.3) is 0 Å². The van der Waals surface area contributed by atoms with Crippen molar-refractivity contribution in [2.24, 2.45) is 5.41 Å². The molecule has 4 heterocycles. The van der Waals surface area contributed by atoms with E-state index in [-0.39, 0.29) is 5.41 Å². The van der Waals surface area contributed by atoms with Gasteiger partial charge in [0.05, 0.1) is 0 Å². The third kappa shape index (κ3) is 5.87. The van der Waals surface area contributed by atoms with E-state index in [1.165, 1.54) is 38.9 Å². The van der Waals surface area contributed by atoms with Crippen molar-refractivity contribution in [1.29, 1.82) is 0 Å². The van der Waals surface area contributed by atoms with E-state index in [1.807, 2.05) is 6.07 Å². The number of hydrogen-bond acceptors (Lipinski definition) is 7. The molecule has 0 aromatic carbocycles. The summed E-state index contributed by atoms with van der Waals surface area (Å²) < 4.78 is 5.48. The van der Waals surface area contributed by atoms with Crippen molar-refractivity contribution in [3.8, 4) is 11.5 Å². The lowest BCUT2D eigenvalue weighted by atomic mass is 9.92. The number of pyridine rings is 1. The SMILES string of the molecule is CC(C)N1CCC(N2CCCN(c3cccc(-c4noc(CC(C)(C)C)n4)n3)CC2)CC1. The van der Waals surface area contributed by atoms with Crippen LogP contribution in [0.5, 0.6) is 0 Å². The minimum atomic E-state index is 0.114. The third-order valence-corrected chi connectivity index (χ3v) is 6.71. The van der Waals surface area contributed by atoms with Gasteiger partial charge in [-0.2, -0.15) is 4.98 Å². The van der Waals surface area contributed by atoms with Gasteiger partial charge in [-0.25, -0.2) is 4.98 Å². The van der Waals surface area contributed by atoms with E-state index in [9.17, 15) is 0 Å². The van der Waals surface area contributed by atoms with Gasteiger partial charge in [-0.15, -0.1) is 0 Å². The van der Waals surface area contributed by atoms with Gasteiger partial charge < -0.3 is 14.3 Å². The molecule has 0 radical (unpaired) electrons. The molecule has 2 aromatic heterocycles. The Morgan fingerprint density at radius 3 is 2.50 bits per heavy atom. The zero-order chi connectivity index (χ0) is 22.7. The summed E-state index contributed by atoms with van der Waals surface area (Å²) in [6.45, 7) is 17.9. The monoisotopic (exact) mass is 440 g/mol. The van der Waals surface area contributed by atoms with E-state index in [4.69, 9.17) is 9.51 Å². The molecule has 7 heteroatoms. The zero-order valence-corrected chi connectivity index (χ0v) is 20.5. The third-order valence-electron chi connectivity index (χ3n) is 6.71. The Morgan fingerprint density at radius 1 is 1.00 bits per heavy atom. The molecule has 0 saturated carbocycles. The Morgan fingerprint density at radius 2 is 1.78 bits per heavy atom. The molecule has 4 rings (SSSR count). The van der Waals surface area contributed by atoms with Crippen LogP contribution in [0, 0.1) is 5.41 Å². The molecule has 0 spiro atoms. The van der Waals surface area contributed by atoms with Crippen LogP contribution < -0.4 is 4.90 Å². The highest BCUT2D eigenvalue weighted by Crippen LogP contribution is 2.24. The van der Waals surface area contributed by atoms with E-state index < -0.39 is 0 Å². The van der Waals surface area contributed by atoms with E-state index in [0.717, 1.165) is 43.6 Å². The van der Waals surface area contributed by atoms with Gasteiger partial charge in [0.15, 0.2) is 0 Å². The van der Waals surface area contributed by atoms with Crippen LogP contribution in [0.25, 0.3) is 11.5 Å². The Hall–Kier alpha value is -1.99. The van der Waals surface area contributed by atoms with Crippen LogP contribution in [0.2, 0.25) is 0 Å². The van der Waals surface area contributed by atoms with E-state index in [1.54, 1.807) is 0 Å². The van der Waals surface area contributed by atoms with Crippen molar-refractivity contribution in [3.63, 3.8) is 0 Å². The van der Waals surface area contributed by atoms with Gasteiger partial charge in [0, 0.05) is 44.7 Å². The second kappa shape index (κ2) is 9.87. The summed E-state index contributed by atoms with van der Waals surface area (Å²) in [5.74, 6) is 2.27. The minimum Gasteiger partial charge on any atom is -0.355 e. The fourth-order valence-corrected chi connectivity index (χ4v) is 4.91. The van der Waals surface area contributed by atoms with Crippen LogP contribution >= 0.6 is 0 Å². The second-order valence-corrected chi connectivity index (χ2v) is 10.9. The second-order valence-electron chi connectivity index (χ2n) is 10.9. The van der Waals surface area contributed by atoms with Gasteiger partial charge >= 0.3 is 0 Å². The Bertz CT molecular complexity index is 865. The van der Waals surface area contributed by atoms with E-state index in [0.29, 0.717) is 17.8 Å². The molecule has 0 unspecified atom stereocenters. The molecule has 2 saturated heterocycles. The Kier molecular flexibility index (Phi) is 7.15. The summed E-state index contributed by atoms with van der Waals surface area (Å²) in [6, 6.07) is 7.53. The average Bonchev–Trinajstić information content (AvgIpc) is 3.07. The number of nitrogens with zero attached hydrogens (tertiary/aromatic N) is 6. The smallest absolute Gasteiger partial charge is 0.227 e. The van der Waals surface area contributed by atoms with Crippen molar-refractivity contribution in [2.45, 2.75) is 72.4 Å². The fraction of sp³-hybridized carbons (Fsp3) is 0.720. The molecule has 0 bridgehead atoms. The predicted molar refractivity (Wildman–Crippen MR) is 129 cm³/mol. The number of rotatable bonds is 5. The fourth-order valence-electron chi connectivity index (χ4n) is 4.91. The topological polar surface area (TPSA) is 61.5 Å². The molecule has 0 atom stereocenters. The first-order valence-electron chi connectivity index (χ1n) is 12.3. The highest BCUT2D eigenvalue weighted by atomic mass is 16.5. The number of hydrogen-bond donors (Lipinski definition) is 0. The maximum Gasteiger partial charge on any atom is 0.227 e. The minimum absolute atomic E-state index is 0.114. The Balaban J connectivity index is 1.38. The molecular weight excluding hydrogens is 400 g/mol. The maximum absolute atomic E-state index is 5.48. The van der Waals surface area contributed by atoms with E-state index >= 15 is 0 Å². The van der Waals surface area contributed by atoms with Crippen molar-refractivity contribution in [1.82, 2.24) is 24.9 Å². The van der Waals surface area contributed by atoms with E-state index in [2.05, 4.69) is 71.6 Å². The van der Waals surface area contributed by atoms with Crippen LogP contribution in [0.15, 0.2) is 22.7 Å².